The van der Waals surface area contributed by atoms with Gasteiger partial charge in [-0.15, -0.1) is 11.3 Å². The summed E-state index contributed by atoms with van der Waals surface area (Å²) >= 11 is 6.29. The fraction of sp³-hybridized carbons (Fsp3) is 0.143. The maximum atomic E-state index is 12.5. The predicted molar refractivity (Wildman–Crippen MR) is 120 cm³/mol. The number of fused-ring (bicyclic) bond motifs is 1. The number of hydrogen-bond acceptors (Lipinski definition) is 6. The van der Waals surface area contributed by atoms with Gasteiger partial charge < -0.3 is 20.1 Å². The van der Waals surface area contributed by atoms with Crippen molar-refractivity contribution in [2.45, 2.75) is 19.0 Å². The Balaban J connectivity index is 1.64. The summed E-state index contributed by atoms with van der Waals surface area (Å²) in [6, 6.07) is 14.1. The summed E-state index contributed by atoms with van der Waals surface area (Å²) in [5, 5.41) is 23.5. The van der Waals surface area contributed by atoms with Crippen LogP contribution in [-0.2, 0) is 16.1 Å². The average molecular weight is 455 g/mol. The van der Waals surface area contributed by atoms with Crippen molar-refractivity contribution in [1.29, 1.82) is 0 Å². The van der Waals surface area contributed by atoms with Crippen LogP contribution in [0.2, 0.25) is 0 Å². The highest BCUT2D eigenvalue weighted by atomic mass is 32.1. The first-order valence-corrected chi connectivity index (χ1v) is 10.6. The molecule has 2 aromatic heterocycles. The molecule has 4 rings (SSSR count). The highest BCUT2D eigenvalue weighted by Gasteiger charge is 2.20. The van der Waals surface area contributed by atoms with Crippen molar-refractivity contribution in [3.8, 4) is 5.88 Å². The van der Waals surface area contributed by atoms with Crippen LogP contribution in [0.1, 0.15) is 18.0 Å². The number of nitrogens with one attached hydrogen (secondary N) is 1. The van der Waals surface area contributed by atoms with Gasteiger partial charge >= 0.3 is 5.97 Å². The van der Waals surface area contributed by atoms with Gasteiger partial charge in [0.2, 0.25) is 11.8 Å². The standard InChI is InChI=1S/C21H18N4O4S2/c26-18(10-24-19(27)11-31-21(24)30)23-14-6-7-15-17(8-14)25(12-22-15)16(9-20(28)29)13-4-2-1-3-5-13/h1-8,11-12,16,27H,9-10H2,(H,23,26)(H,28,29). The predicted octanol–water partition coefficient (Wildman–Crippen LogP) is 4.04. The quantitative estimate of drug-likeness (QED) is 0.364. The molecular formula is C21H18N4O4S2. The smallest absolute Gasteiger partial charge is 0.305 e. The number of aromatic hydroxyl groups is 1. The molecule has 1 atom stereocenters. The minimum atomic E-state index is -0.924. The molecule has 2 heterocycles. The Morgan fingerprint density at radius 1 is 1.19 bits per heavy atom. The van der Waals surface area contributed by atoms with Gasteiger partial charge in [0.1, 0.15) is 6.54 Å². The van der Waals surface area contributed by atoms with E-state index in [4.69, 9.17) is 12.2 Å². The number of carboxylic acid groups (broad SMARTS) is 1. The lowest BCUT2D eigenvalue weighted by atomic mass is 10.0. The summed E-state index contributed by atoms with van der Waals surface area (Å²) in [5.41, 5.74) is 2.76. The van der Waals surface area contributed by atoms with Gasteiger partial charge in [-0.05, 0) is 36.0 Å². The molecule has 8 nitrogen and oxygen atoms in total. The lowest BCUT2D eigenvalue weighted by Crippen LogP contribution is -2.18. The molecule has 1 amide bonds. The topological polar surface area (TPSA) is 109 Å². The lowest BCUT2D eigenvalue weighted by Gasteiger charge is -2.18. The molecule has 4 aromatic rings. The van der Waals surface area contributed by atoms with Crippen molar-refractivity contribution in [1.82, 2.24) is 14.1 Å². The SMILES string of the molecule is O=C(O)CC(c1ccccc1)n1cnc2ccc(NC(=O)Cn3c(O)csc3=S)cc21. The first-order chi connectivity index (χ1) is 14.9. The zero-order valence-electron chi connectivity index (χ0n) is 16.1. The minimum Gasteiger partial charge on any atom is -0.494 e. The molecule has 0 saturated carbocycles. The van der Waals surface area contributed by atoms with Crippen LogP contribution in [0.15, 0.2) is 60.2 Å². The first-order valence-electron chi connectivity index (χ1n) is 9.33. The lowest BCUT2D eigenvalue weighted by molar-refractivity contribution is -0.137. The molecule has 3 N–H and O–H groups in total. The zero-order chi connectivity index (χ0) is 22.0. The molecule has 10 heteroatoms. The highest BCUT2D eigenvalue weighted by Crippen LogP contribution is 2.28. The minimum absolute atomic E-state index is 0.0574. The zero-order valence-corrected chi connectivity index (χ0v) is 17.8. The van der Waals surface area contributed by atoms with Crippen molar-refractivity contribution in [2.75, 3.05) is 5.32 Å². The van der Waals surface area contributed by atoms with Gasteiger partial charge in [-0.2, -0.15) is 0 Å². The van der Waals surface area contributed by atoms with Gasteiger partial charge in [0.25, 0.3) is 0 Å². The van der Waals surface area contributed by atoms with Crippen molar-refractivity contribution in [3.05, 3.63) is 69.8 Å². The molecule has 31 heavy (non-hydrogen) atoms. The summed E-state index contributed by atoms with van der Waals surface area (Å²) in [4.78, 5) is 28.4. The number of aliphatic carboxylic acids is 1. The molecule has 158 valence electrons. The molecule has 0 aliphatic rings. The number of anilines is 1. The van der Waals surface area contributed by atoms with Crippen LogP contribution < -0.4 is 5.32 Å². The van der Waals surface area contributed by atoms with Crippen LogP contribution in [-0.4, -0.2) is 36.2 Å². The maximum Gasteiger partial charge on any atom is 0.305 e. The second-order valence-electron chi connectivity index (χ2n) is 6.87. The fourth-order valence-electron chi connectivity index (χ4n) is 3.38. The van der Waals surface area contributed by atoms with E-state index >= 15 is 0 Å². The van der Waals surface area contributed by atoms with Crippen molar-refractivity contribution >= 4 is 52.2 Å². The van der Waals surface area contributed by atoms with Crippen molar-refractivity contribution in [3.63, 3.8) is 0 Å². The van der Waals surface area contributed by atoms with Crippen molar-refractivity contribution in [2.24, 2.45) is 0 Å². The third-order valence-electron chi connectivity index (χ3n) is 4.81. The molecule has 2 aromatic carbocycles. The summed E-state index contributed by atoms with van der Waals surface area (Å²) in [5.74, 6) is -1.33. The normalized spacial score (nSPS) is 12.0. The van der Waals surface area contributed by atoms with Crippen LogP contribution >= 0.6 is 23.6 Å². The van der Waals surface area contributed by atoms with Crippen LogP contribution in [0.4, 0.5) is 5.69 Å². The van der Waals surface area contributed by atoms with E-state index in [0.29, 0.717) is 20.7 Å². The number of imidazole rings is 1. The summed E-state index contributed by atoms with van der Waals surface area (Å²) in [6.45, 7) is -0.114. The van der Waals surface area contributed by atoms with E-state index in [9.17, 15) is 19.8 Å². The Hall–Kier alpha value is -3.50. The monoisotopic (exact) mass is 454 g/mol. The number of amides is 1. The van der Waals surface area contributed by atoms with Crippen molar-refractivity contribution < 1.29 is 19.8 Å². The molecule has 1 unspecified atom stereocenters. The van der Waals surface area contributed by atoms with Gasteiger partial charge in [0.15, 0.2) is 3.95 Å². The molecule has 0 aliphatic heterocycles. The Morgan fingerprint density at radius 2 is 1.97 bits per heavy atom. The fourth-order valence-corrected chi connectivity index (χ4v) is 4.30. The van der Waals surface area contributed by atoms with E-state index in [2.05, 4.69) is 10.3 Å². The van der Waals surface area contributed by atoms with Crippen LogP contribution in [0.5, 0.6) is 5.88 Å². The van der Waals surface area contributed by atoms with E-state index in [-0.39, 0.29) is 24.8 Å². The molecule has 0 saturated heterocycles. The number of thiazole rings is 1. The van der Waals surface area contributed by atoms with Gasteiger partial charge in [0, 0.05) is 5.69 Å². The molecule has 0 spiro atoms. The molecular weight excluding hydrogens is 436 g/mol. The Labute approximate surface area is 186 Å². The summed E-state index contributed by atoms with van der Waals surface area (Å²) < 4.78 is 3.55. The molecule has 0 fully saturated rings. The molecule has 0 radical (unpaired) electrons. The number of benzene rings is 2. The van der Waals surface area contributed by atoms with Crippen LogP contribution in [0.3, 0.4) is 0 Å². The number of rotatable bonds is 7. The van der Waals surface area contributed by atoms with Crippen LogP contribution in [0, 0.1) is 3.95 Å². The number of carboxylic acids is 1. The van der Waals surface area contributed by atoms with Gasteiger partial charge in [-0.3, -0.25) is 14.2 Å². The van der Waals surface area contributed by atoms with Gasteiger partial charge in [0.05, 0.1) is 35.2 Å². The van der Waals surface area contributed by atoms with E-state index in [0.717, 1.165) is 5.56 Å². The van der Waals surface area contributed by atoms with E-state index in [1.54, 1.807) is 29.1 Å². The highest BCUT2D eigenvalue weighted by molar-refractivity contribution is 7.73. The average Bonchev–Trinajstić information content (AvgIpc) is 3.30. The summed E-state index contributed by atoms with van der Waals surface area (Å²) in [6.07, 6.45) is 1.50. The maximum absolute atomic E-state index is 12.5. The number of aromatic nitrogens is 3. The summed E-state index contributed by atoms with van der Waals surface area (Å²) in [7, 11) is 0. The second kappa shape index (κ2) is 8.70. The molecule has 0 aliphatic carbocycles. The first kappa shape index (κ1) is 20.8. The number of carbonyl (C=O) groups is 2. The van der Waals surface area contributed by atoms with Gasteiger partial charge in [-0.25, -0.2) is 4.98 Å². The largest absolute Gasteiger partial charge is 0.494 e. The van der Waals surface area contributed by atoms with Crippen LogP contribution in [0.25, 0.3) is 11.0 Å². The Morgan fingerprint density at radius 3 is 2.65 bits per heavy atom. The number of carbonyl (C=O) groups excluding carboxylic acids is 1. The third-order valence-corrected chi connectivity index (χ3v) is 6.07. The third kappa shape index (κ3) is 4.49. The van der Waals surface area contributed by atoms with E-state index in [1.165, 1.54) is 21.3 Å². The number of nitrogens with zero attached hydrogens (tertiary/aromatic N) is 3. The Kier molecular flexibility index (Phi) is 5.83. The van der Waals surface area contributed by atoms with Gasteiger partial charge in [-0.1, -0.05) is 30.3 Å². The van der Waals surface area contributed by atoms with E-state index in [1.807, 2.05) is 30.3 Å². The van der Waals surface area contributed by atoms with E-state index < -0.39 is 12.0 Å². The number of hydrogen-bond donors (Lipinski definition) is 3. The second-order valence-corrected chi connectivity index (χ2v) is 8.38. The molecule has 0 bridgehead atoms. The Bertz CT molecular complexity index is 1310.